The molecule has 1 aromatic heterocycles. The first-order valence-corrected chi connectivity index (χ1v) is 11.0. The van der Waals surface area contributed by atoms with Crippen molar-refractivity contribution in [3.8, 4) is 0 Å². The van der Waals surface area contributed by atoms with Gasteiger partial charge in [-0.2, -0.15) is 0 Å². The quantitative estimate of drug-likeness (QED) is 0.784. The molecular formula is C21H29N5O3. The van der Waals surface area contributed by atoms with Gasteiger partial charge in [-0.15, -0.1) is 0 Å². The van der Waals surface area contributed by atoms with Gasteiger partial charge in [-0.3, -0.25) is 14.4 Å². The molecule has 0 unspecified atom stereocenters. The molecule has 0 spiro atoms. The van der Waals surface area contributed by atoms with Gasteiger partial charge >= 0.3 is 0 Å². The maximum absolute atomic E-state index is 12.9. The second kappa shape index (κ2) is 7.46. The molecule has 1 aromatic rings. The average molecular weight is 399 g/mol. The van der Waals surface area contributed by atoms with Crippen molar-refractivity contribution in [2.24, 2.45) is 17.8 Å². The lowest BCUT2D eigenvalue weighted by Gasteiger charge is -2.56. The van der Waals surface area contributed by atoms with Crippen LogP contribution >= 0.6 is 0 Å². The molecule has 0 aromatic carbocycles. The second-order valence-corrected chi connectivity index (χ2v) is 9.13. The number of hydrogen-bond acceptors (Lipinski definition) is 5. The van der Waals surface area contributed by atoms with Crippen molar-refractivity contribution in [2.45, 2.75) is 57.0 Å². The molecule has 2 bridgehead atoms. The number of nitrogens with zero attached hydrogens (tertiary/aromatic N) is 3. The van der Waals surface area contributed by atoms with Crippen LogP contribution in [0.1, 0.15) is 44.9 Å². The predicted octanol–water partition coefficient (Wildman–Crippen LogP) is 0.892. The van der Waals surface area contributed by atoms with Crippen molar-refractivity contribution in [3.63, 3.8) is 0 Å². The molecule has 1 saturated carbocycles. The minimum absolute atomic E-state index is 0.0258. The van der Waals surface area contributed by atoms with Gasteiger partial charge in [0, 0.05) is 44.1 Å². The van der Waals surface area contributed by atoms with E-state index in [1.165, 1.54) is 6.33 Å². The van der Waals surface area contributed by atoms with Crippen molar-refractivity contribution in [1.29, 1.82) is 0 Å². The largest absolute Gasteiger partial charge is 0.356 e. The molecule has 2 N–H and O–H groups in total. The lowest BCUT2D eigenvalue weighted by molar-refractivity contribution is -0.149. The Labute approximate surface area is 170 Å². The Morgan fingerprint density at radius 2 is 2.00 bits per heavy atom. The molecule has 4 atom stereocenters. The van der Waals surface area contributed by atoms with Crippen LogP contribution in [0.25, 0.3) is 0 Å². The molecular weight excluding hydrogens is 370 g/mol. The number of piperidine rings is 3. The van der Waals surface area contributed by atoms with Gasteiger partial charge in [0.1, 0.15) is 5.82 Å². The van der Waals surface area contributed by atoms with Gasteiger partial charge < -0.3 is 20.1 Å². The van der Waals surface area contributed by atoms with E-state index in [4.69, 9.17) is 0 Å². The summed E-state index contributed by atoms with van der Waals surface area (Å²) in [7, 11) is 0. The standard InChI is InChI=1S/C21H29N5O3/c27-19-8-18(23-12-24-19)25-10-14-7-15(11-25)17(9-22-21(29)13-3-1-4-13)26-16(14)5-2-6-20(26)28/h8,12-17H,1-7,9-11H2,(H,22,29)(H,23,24,27)/t14-,15+,16+,17+/m1/s1. The molecule has 3 saturated heterocycles. The Hall–Kier alpha value is -2.38. The fourth-order valence-corrected chi connectivity index (χ4v) is 5.78. The Bertz CT molecular complexity index is 851. The first-order chi connectivity index (χ1) is 14.1. The van der Waals surface area contributed by atoms with Gasteiger partial charge in [0.15, 0.2) is 0 Å². The number of fused-ring (bicyclic) bond motifs is 4. The summed E-state index contributed by atoms with van der Waals surface area (Å²) in [6, 6.07) is 1.80. The second-order valence-electron chi connectivity index (χ2n) is 9.13. The highest BCUT2D eigenvalue weighted by molar-refractivity contribution is 5.80. The number of carbonyl (C=O) groups excluding carboxylic acids is 2. The molecule has 0 radical (unpaired) electrons. The first-order valence-electron chi connectivity index (χ1n) is 11.0. The summed E-state index contributed by atoms with van der Waals surface area (Å²) < 4.78 is 0. The number of H-pyrrole nitrogens is 1. The van der Waals surface area contributed by atoms with E-state index in [9.17, 15) is 14.4 Å². The first kappa shape index (κ1) is 18.6. The number of anilines is 1. The highest BCUT2D eigenvalue weighted by atomic mass is 16.2. The van der Waals surface area contributed by atoms with Crippen molar-refractivity contribution in [2.75, 3.05) is 24.5 Å². The number of amides is 2. The van der Waals surface area contributed by atoms with Crippen LogP contribution in [0, 0.1) is 17.8 Å². The normalized spacial score (nSPS) is 31.8. The Balaban J connectivity index is 1.38. The summed E-state index contributed by atoms with van der Waals surface area (Å²) in [5.74, 6) is 1.90. The number of aromatic nitrogens is 2. The summed E-state index contributed by atoms with van der Waals surface area (Å²) in [6.45, 7) is 2.11. The predicted molar refractivity (Wildman–Crippen MR) is 107 cm³/mol. The minimum atomic E-state index is -0.149. The van der Waals surface area contributed by atoms with E-state index < -0.39 is 0 Å². The van der Waals surface area contributed by atoms with Crippen LogP contribution in [-0.4, -0.2) is 58.4 Å². The number of carbonyl (C=O) groups is 2. The molecule has 4 heterocycles. The lowest BCUT2D eigenvalue weighted by atomic mass is 9.72. The van der Waals surface area contributed by atoms with Gasteiger partial charge in [0.2, 0.25) is 11.8 Å². The van der Waals surface area contributed by atoms with Crippen molar-refractivity contribution >= 4 is 17.6 Å². The van der Waals surface area contributed by atoms with E-state index in [-0.39, 0.29) is 41.3 Å². The zero-order chi connectivity index (χ0) is 20.0. The minimum Gasteiger partial charge on any atom is -0.356 e. The van der Waals surface area contributed by atoms with Crippen LogP contribution in [0.5, 0.6) is 0 Å². The van der Waals surface area contributed by atoms with Crippen molar-refractivity contribution in [1.82, 2.24) is 20.2 Å². The van der Waals surface area contributed by atoms with Crippen molar-refractivity contribution < 1.29 is 9.59 Å². The topological polar surface area (TPSA) is 98.4 Å². The smallest absolute Gasteiger partial charge is 0.252 e. The summed E-state index contributed by atoms with van der Waals surface area (Å²) >= 11 is 0. The van der Waals surface area contributed by atoms with E-state index in [1.54, 1.807) is 6.07 Å². The summed E-state index contributed by atoms with van der Waals surface area (Å²) in [5, 5.41) is 3.15. The number of aromatic amines is 1. The van der Waals surface area contributed by atoms with Crippen LogP contribution in [0.15, 0.2) is 17.2 Å². The Morgan fingerprint density at radius 3 is 2.76 bits per heavy atom. The third-order valence-electron chi connectivity index (χ3n) is 7.45. The highest BCUT2D eigenvalue weighted by Crippen LogP contribution is 2.42. The highest BCUT2D eigenvalue weighted by Gasteiger charge is 2.49. The van der Waals surface area contributed by atoms with Crippen LogP contribution < -0.4 is 15.8 Å². The monoisotopic (exact) mass is 399 g/mol. The lowest BCUT2D eigenvalue weighted by Crippen LogP contribution is -2.67. The SMILES string of the molecule is O=C(NC[C@H]1[C@H]2C[C@H](CN(c3cc(=O)[nH]cn3)C2)[C@@H]2CCCC(=O)N21)C1CCC1. The van der Waals surface area contributed by atoms with Crippen LogP contribution in [-0.2, 0) is 9.59 Å². The van der Waals surface area contributed by atoms with Gasteiger partial charge in [-0.1, -0.05) is 6.42 Å². The molecule has 8 nitrogen and oxygen atoms in total. The summed E-state index contributed by atoms with van der Waals surface area (Å²) in [5.41, 5.74) is -0.149. The molecule has 5 rings (SSSR count). The number of hydrogen-bond donors (Lipinski definition) is 2. The number of rotatable bonds is 4. The molecule has 2 amide bonds. The van der Waals surface area contributed by atoms with E-state index >= 15 is 0 Å². The van der Waals surface area contributed by atoms with E-state index in [0.29, 0.717) is 24.7 Å². The van der Waals surface area contributed by atoms with Crippen LogP contribution in [0.4, 0.5) is 5.82 Å². The van der Waals surface area contributed by atoms with Crippen molar-refractivity contribution in [3.05, 3.63) is 22.7 Å². The Morgan fingerprint density at radius 1 is 1.17 bits per heavy atom. The van der Waals surface area contributed by atoms with Gasteiger partial charge in [0.25, 0.3) is 5.56 Å². The van der Waals surface area contributed by atoms with Gasteiger partial charge in [-0.25, -0.2) is 4.98 Å². The van der Waals surface area contributed by atoms with E-state index in [2.05, 4.69) is 25.1 Å². The fourth-order valence-electron chi connectivity index (χ4n) is 5.78. The Kier molecular flexibility index (Phi) is 4.80. The zero-order valence-corrected chi connectivity index (χ0v) is 16.7. The van der Waals surface area contributed by atoms with E-state index in [0.717, 1.165) is 51.6 Å². The van der Waals surface area contributed by atoms with Crippen LogP contribution in [0.2, 0.25) is 0 Å². The summed E-state index contributed by atoms with van der Waals surface area (Å²) in [4.78, 5) is 48.3. The van der Waals surface area contributed by atoms with E-state index in [1.807, 2.05) is 0 Å². The summed E-state index contributed by atoms with van der Waals surface area (Å²) in [6.07, 6.45) is 8.19. The van der Waals surface area contributed by atoms with Crippen LogP contribution in [0.3, 0.4) is 0 Å². The average Bonchev–Trinajstić information content (AvgIpc) is 2.67. The fraction of sp³-hybridized carbons (Fsp3) is 0.714. The molecule has 8 heteroatoms. The maximum atomic E-state index is 12.9. The third kappa shape index (κ3) is 3.42. The molecule has 4 fully saturated rings. The number of nitrogens with one attached hydrogen (secondary N) is 2. The third-order valence-corrected chi connectivity index (χ3v) is 7.45. The van der Waals surface area contributed by atoms with Gasteiger partial charge in [0.05, 0.1) is 12.4 Å². The molecule has 29 heavy (non-hydrogen) atoms. The molecule has 1 aliphatic carbocycles. The molecule has 3 aliphatic heterocycles. The molecule has 4 aliphatic rings. The van der Waals surface area contributed by atoms with Gasteiger partial charge in [-0.05, 0) is 43.9 Å². The zero-order valence-electron chi connectivity index (χ0n) is 16.7. The maximum Gasteiger partial charge on any atom is 0.252 e. The molecule has 156 valence electrons.